The Balaban J connectivity index is 0.000000640. The average molecular weight is 114 g/mol. The Kier molecular flexibility index (Phi) is 1.93. The zero-order chi connectivity index (χ0) is 5.98. The lowest BCUT2D eigenvalue weighted by Gasteiger charge is -2.22. The van der Waals surface area contributed by atoms with Crippen LogP contribution in [0.4, 0.5) is 0 Å². The van der Waals surface area contributed by atoms with E-state index in [1.165, 1.54) is 25.7 Å². The standard InChI is InChI=1S/C8H16.H2/c1-7-4-3-5-8(2)6-7;/h7-8H,3-6H2,1-2H3;1H. The number of hydrogen-bond donors (Lipinski definition) is 0. The predicted octanol–water partition coefficient (Wildman–Crippen LogP) is 3.08. The van der Waals surface area contributed by atoms with Crippen LogP contribution in [0.3, 0.4) is 0 Å². The van der Waals surface area contributed by atoms with Gasteiger partial charge in [0, 0.05) is 1.43 Å². The van der Waals surface area contributed by atoms with E-state index < -0.39 is 0 Å². The van der Waals surface area contributed by atoms with Gasteiger partial charge in [0.2, 0.25) is 0 Å². The largest absolute Gasteiger partial charge is 0.0625 e. The molecule has 1 rings (SSSR count). The summed E-state index contributed by atoms with van der Waals surface area (Å²) in [5, 5.41) is 0. The van der Waals surface area contributed by atoms with Crippen molar-refractivity contribution in [1.29, 1.82) is 0 Å². The maximum absolute atomic E-state index is 2.37. The van der Waals surface area contributed by atoms with Crippen LogP contribution in [0.25, 0.3) is 0 Å². The van der Waals surface area contributed by atoms with Gasteiger partial charge >= 0.3 is 0 Å². The van der Waals surface area contributed by atoms with Crippen LogP contribution in [-0.4, -0.2) is 0 Å². The molecule has 0 aliphatic heterocycles. The lowest BCUT2D eigenvalue weighted by molar-refractivity contribution is 0.301. The van der Waals surface area contributed by atoms with E-state index in [0.717, 1.165) is 11.8 Å². The summed E-state index contributed by atoms with van der Waals surface area (Å²) >= 11 is 0. The summed E-state index contributed by atoms with van der Waals surface area (Å²) in [6, 6.07) is 0. The SMILES string of the molecule is CC1CCCC(C)C1.[HH]. The summed E-state index contributed by atoms with van der Waals surface area (Å²) in [6.45, 7) is 4.74. The Morgan fingerprint density at radius 1 is 1.12 bits per heavy atom. The highest BCUT2D eigenvalue weighted by atomic mass is 14.2. The second kappa shape index (κ2) is 2.52. The summed E-state index contributed by atoms with van der Waals surface area (Å²) in [4.78, 5) is 0. The molecule has 0 aromatic rings. The molecule has 1 aliphatic rings. The zero-order valence-corrected chi connectivity index (χ0v) is 5.98. The van der Waals surface area contributed by atoms with E-state index in [-0.39, 0.29) is 1.43 Å². The van der Waals surface area contributed by atoms with E-state index in [2.05, 4.69) is 13.8 Å². The average Bonchev–Trinajstić information content (AvgIpc) is 1.64. The van der Waals surface area contributed by atoms with E-state index in [0.29, 0.717) is 0 Å². The topological polar surface area (TPSA) is 0 Å². The molecule has 1 aliphatic carbocycles. The van der Waals surface area contributed by atoms with Crippen LogP contribution in [0.2, 0.25) is 0 Å². The second-order valence-corrected chi connectivity index (χ2v) is 3.38. The molecule has 50 valence electrons. The quantitative estimate of drug-likeness (QED) is 0.454. The Hall–Kier alpha value is 0. The van der Waals surface area contributed by atoms with Crippen molar-refractivity contribution in [3.8, 4) is 0 Å². The van der Waals surface area contributed by atoms with Crippen LogP contribution in [-0.2, 0) is 0 Å². The Labute approximate surface area is 53.8 Å². The lowest BCUT2D eigenvalue weighted by Crippen LogP contribution is -2.09. The van der Waals surface area contributed by atoms with Gasteiger partial charge in [0.15, 0.2) is 0 Å². The third kappa shape index (κ3) is 1.50. The smallest absolute Gasteiger partial charge is 0 e. The highest BCUT2D eigenvalue weighted by Gasteiger charge is 2.13. The molecule has 0 N–H and O–H groups in total. The molecule has 0 nitrogen and oxygen atoms in total. The fourth-order valence-electron chi connectivity index (χ4n) is 1.74. The van der Waals surface area contributed by atoms with Gasteiger partial charge in [0.05, 0.1) is 0 Å². The molecule has 1 saturated carbocycles. The minimum Gasteiger partial charge on any atom is -0.0625 e. The zero-order valence-electron chi connectivity index (χ0n) is 5.98. The summed E-state index contributed by atoms with van der Waals surface area (Å²) < 4.78 is 0. The normalized spacial score (nSPS) is 39.8. The van der Waals surface area contributed by atoms with Crippen LogP contribution in [0.5, 0.6) is 0 Å². The Morgan fingerprint density at radius 2 is 1.62 bits per heavy atom. The highest BCUT2D eigenvalue weighted by Crippen LogP contribution is 2.27. The maximum atomic E-state index is 2.37. The summed E-state index contributed by atoms with van der Waals surface area (Å²) in [5.41, 5.74) is 0. The van der Waals surface area contributed by atoms with Crippen molar-refractivity contribution in [3.05, 3.63) is 0 Å². The Bertz CT molecular complexity index is 63.0. The van der Waals surface area contributed by atoms with Gasteiger partial charge in [-0.2, -0.15) is 0 Å². The number of rotatable bonds is 0. The van der Waals surface area contributed by atoms with Crippen LogP contribution in [0.1, 0.15) is 41.0 Å². The Morgan fingerprint density at radius 3 is 1.88 bits per heavy atom. The molecule has 2 unspecified atom stereocenters. The summed E-state index contributed by atoms with van der Waals surface area (Å²) in [7, 11) is 0. The molecule has 0 spiro atoms. The first kappa shape index (κ1) is 6.12. The van der Waals surface area contributed by atoms with Crippen molar-refractivity contribution < 1.29 is 1.43 Å². The van der Waals surface area contributed by atoms with Crippen molar-refractivity contribution in [2.24, 2.45) is 11.8 Å². The van der Waals surface area contributed by atoms with E-state index in [1.54, 1.807) is 0 Å². The molecule has 0 aromatic heterocycles. The monoisotopic (exact) mass is 114 g/mol. The van der Waals surface area contributed by atoms with Crippen LogP contribution in [0, 0.1) is 11.8 Å². The van der Waals surface area contributed by atoms with Crippen molar-refractivity contribution in [1.82, 2.24) is 0 Å². The van der Waals surface area contributed by atoms with E-state index >= 15 is 0 Å². The van der Waals surface area contributed by atoms with Crippen molar-refractivity contribution >= 4 is 0 Å². The van der Waals surface area contributed by atoms with Crippen LogP contribution < -0.4 is 0 Å². The lowest BCUT2D eigenvalue weighted by atomic mass is 9.84. The van der Waals surface area contributed by atoms with Crippen molar-refractivity contribution in [2.45, 2.75) is 39.5 Å². The van der Waals surface area contributed by atoms with Gasteiger partial charge in [-0.05, 0) is 18.3 Å². The van der Waals surface area contributed by atoms with Crippen molar-refractivity contribution in [3.63, 3.8) is 0 Å². The minimum atomic E-state index is 0. The van der Waals surface area contributed by atoms with E-state index in [9.17, 15) is 0 Å². The molecule has 1 fully saturated rings. The molecule has 2 atom stereocenters. The summed E-state index contributed by atoms with van der Waals surface area (Å²) in [6.07, 6.45) is 5.90. The first-order chi connectivity index (χ1) is 3.79. The first-order valence-corrected chi connectivity index (χ1v) is 3.79. The molecule has 0 aromatic carbocycles. The fourth-order valence-corrected chi connectivity index (χ4v) is 1.74. The van der Waals surface area contributed by atoms with E-state index in [1.807, 2.05) is 0 Å². The third-order valence-electron chi connectivity index (χ3n) is 2.20. The number of hydrogen-bond acceptors (Lipinski definition) is 0. The second-order valence-electron chi connectivity index (χ2n) is 3.38. The molecule has 0 saturated heterocycles. The summed E-state index contributed by atoms with van der Waals surface area (Å²) in [5.74, 6) is 2.03. The van der Waals surface area contributed by atoms with Gasteiger partial charge in [-0.3, -0.25) is 0 Å². The van der Waals surface area contributed by atoms with Gasteiger partial charge in [-0.1, -0.05) is 33.1 Å². The minimum absolute atomic E-state index is 0. The van der Waals surface area contributed by atoms with Crippen molar-refractivity contribution in [2.75, 3.05) is 0 Å². The van der Waals surface area contributed by atoms with Crippen LogP contribution in [0.15, 0.2) is 0 Å². The van der Waals surface area contributed by atoms with E-state index in [4.69, 9.17) is 0 Å². The third-order valence-corrected chi connectivity index (χ3v) is 2.20. The van der Waals surface area contributed by atoms with Gasteiger partial charge in [-0.15, -0.1) is 0 Å². The van der Waals surface area contributed by atoms with Gasteiger partial charge in [0.1, 0.15) is 0 Å². The fraction of sp³-hybridized carbons (Fsp3) is 1.00. The molecule has 8 heavy (non-hydrogen) atoms. The molecule has 0 amide bonds. The van der Waals surface area contributed by atoms with Gasteiger partial charge in [-0.25, -0.2) is 0 Å². The first-order valence-electron chi connectivity index (χ1n) is 3.79. The van der Waals surface area contributed by atoms with Crippen LogP contribution >= 0.6 is 0 Å². The molecule has 0 heteroatoms. The highest BCUT2D eigenvalue weighted by molar-refractivity contribution is 4.66. The molecule has 0 radical (unpaired) electrons. The van der Waals surface area contributed by atoms with Gasteiger partial charge < -0.3 is 0 Å². The molecular weight excluding hydrogens is 96.1 g/mol. The van der Waals surface area contributed by atoms with Gasteiger partial charge in [0.25, 0.3) is 0 Å². The maximum Gasteiger partial charge on any atom is 0 e. The molecule has 0 heterocycles. The molecular formula is C8H18. The molecule has 0 bridgehead atoms. The predicted molar refractivity (Wildman–Crippen MR) is 38.9 cm³/mol.